The van der Waals surface area contributed by atoms with E-state index in [1.54, 1.807) is 0 Å². The van der Waals surface area contributed by atoms with Gasteiger partial charge in [0, 0.05) is 17.1 Å². The molecular weight excluding hydrogens is 339 g/mol. The highest BCUT2D eigenvalue weighted by molar-refractivity contribution is 6.30. The van der Waals surface area contributed by atoms with Crippen LogP contribution < -0.4 is 5.69 Å². The Hall–Kier alpha value is -2.29. The van der Waals surface area contributed by atoms with Crippen molar-refractivity contribution >= 4 is 17.6 Å². The fourth-order valence-electron chi connectivity index (χ4n) is 1.92. The van der Waals surface area contributed by atoms with E-state index in [9.17, 15) is 22.8 Å². The zero-order valence-electron chi connectivity index (χ0n) is 11.5. The topological polar surface area (TPSA) is 77.1 Å². The monoisotopic (exact) mass is 349 g/mol. The van der Waals surface area contributed by atoms with Crippen molar-refractivity contribution in [1.29, 1.82) is 0 Å². The molecular formula is C13H11ClF3N3O3. The molecule has 0 aliphatic heterocycles. The molecule has 0 atom stereocenters. The van der Waals surface area contributed by atoms with E-state index in [0.29, 0.717) is 15.3 Å². The standard InChI is InChI=1S/C13H11ClF3N3O3/c14-9-3-1-8(2-4-9)11-18-20(7-10(21)22)12(23)19(11)6-5-13(15,16)17/h1-4H,5-7H2,(H,21,22). The van der Waals surface area contributed by atoms with Crippen molar-refractivity contribution in [2.75, 3.05) is 0 Å². The highest BCUT2D eigenvalue weighted by atomic mass is 35.5. The van der Waals surface area contributed by atoms with Crippen molar-refractivity contribution < 1.29 is 23.1 Å². The SMILES string of the molecule is O=C(O)Cn1nc(-c2ccc(Cl)cc2)n(CCC(F)(F)F)c1=O. The number of halogens is 4. The summed E-state index contributed by atoms with van der Waals surface area (Å²) in [5.41, 5.74) is -0.556. The number of benzene rings is 1. The van der Waals surface area contributed by atoms with Gasteiger partial charge in [0.2, 0.25) is 0 Å². The van der Waals surface area contributed by atoms with Gasteiger partial charge in [0.25, 0.3) is 0 Å². The lowest BCUT2D eigenvalue weighted by Gasteiger charge is -2.08. The van der Waals surface area contributed by atoms with Crippen molar-refractivity contribution in [3.05, 3.63) is 39.8 Å². The second-order valence-electron chi connectivity index (χ2n) is 4.68. The molecule has 0 saturated carbocycles. The molecule has 6 nitrogen and oxygen atoms in total. The molecule has 124 valence electrons. The maximum absolute atomic E-state index is 12.4. The molecule has 0 spiro atoms. The van der Waals surface area contributed by atoms with E-state index in [0.717, 1.165) is 4.57 Å². The third-order valence-corrected chi connectivity index (χ3v) is 3.18. The first-order valence-corrected chi connectivity index (χ1v) is 6.77. The summed E-state index contributed by atoms with van der Waals surface area (Å²) in [4.78, 5) is 22.8. The molecule has 0 bridgehead atoms. The van der Waals surface area contributed by atoms with Crippen molar-refractivity contribution in [2.24, 2.45) is 0 Å². The van der Waals surface area contributed by atoms with Crippen LogP contribution in [0.2, 0.25) is 5.02 Å². The molecule has 0 aliphatic carbocycles. The Bertz CT molecular complexity index is 765. The van der Waals surface area contributed by atoms with Gasteiger partial charge in [-0.25, -0.2) is 9.48 Å². The Kier molecular flexibility index (Phi) is 4.79. The van der Waals surface area contributed by atoms with Crippen molar-refractivity contribution in [2.45, 2.75) is 25.7 Å². The lowest BCUT2D eigenvalue weighted by Crippen LogP contribution is -2.29. The molecule has 1 aromatic heterocycles. The van der Waals surface area contributed by atoms with Crippen LogP contribution in [0, 0.1) is 0 Å². The maximum atomic E-state index is 12.4. The van der Waals surface area contributed by atoms with E-state index < -0.39 is 37.3 Å². The van der Waals surface area contributed by atoms with Crippen LogP contribution in [-0.2, 0) is 17.9 Å². The van der Waals surface area contributed by atoms with E-state index in [1.165, 1.54) is 24.3 Å². The van der Waals surface area contributed by atoms with Crippen LogP contribution in [0.4, 0.5) is 13.2 Å². The summed E-state index contributed by atoms with van der Waals surface area (Å²) in [6, 6.07) is 5.95. The van der Waals surface area contributed by atoms with Gasteiger partial charge in [-0.05, 0) is 24.3 Å². The lowest BCUT2D eigenvalue weighted by atomic mass is 10.2. The first kappa shape index (κ1) is 17.1. The summed E-state index contributed by atoms with van der Waals surface area (Å²) < 4.78 is 38.7. The van der Waals surface area contributed by atoms with Gasteiger partial charge in [-0.15, -0.1) is 5.10 Å². The number of aliphatic carboxylic acids is 1. The van der Waals surface area contributed by atoms with Crippen LogP contribution >= 0.6 is 11.6 Å². The normalized spacial score (nSPS) is 11.7. The van der Waals surface area contributed by atoms with E-state index in [1.807, 2.05) is 0 Å². The summed E-state index contributed by atoms with van der Waals surface area (Å²) in [7, 11) is 0. The molecule has 1 aromatic carbocycles. The van der Waals surface area contributed by atoms with Gasteiger partial charge in [0.15, 0.2) is 5.82 Å². The first-order chi connectivity index (χ1) is 10.7. The molecule has 1 N–H and O–H groups in total. The number of alkyl halides is 3. The fraction of sp³-hybridized carbons (Fsp3) is 0.308. The molecule has 2 rings (SSSR count). The third kappa shape index (κ3) is 4.35. The van der Waals surface area contributed by atoms with E-state index in [2.05, 4.69) is 5.10 Å². The average molecular weight is 350 g/mol. The van der Waals surface area contributed by atoms with Crippen LogP contribution in [0.25, 0.3) is 11.4 Å². The number of hydrogen-bond donors (Lipinski definition) is 1. The second-order valence-corrected chi connectivity index (χ2v) is 5.12. The lowest BCUT2D eigenvalue weighted by molar-refractivity contribution is -0.138. The van der Waals surface area contributed by atoms with Crippen LogP contribution in [0.3, 0.4) is 0 Å². The van der Waals surface area contributed by atoms with Crippen LogP contribution in [-0.4, -0.2) is 31.6 Å². The Morgan fingerprint density at radius 2 is 1.87 bits per heavy atom. The predicted octanol–water partition coefficient (Wildman–Crippen LogP) is 2.40. The minimum atomic E-state index is -4.45. The molecule has 1 heterocycles. The smallest absolute Gasteiger partial charge is 0.390 e. The second kappa shape index (κ2) is 6.45. The van der Waals surface area contributed by atoms with Gasteiger partial charge in [-0.2, -0.15) is 13.2 Å². The van der Waals surface area contributed by atoms with Gasteiger partial charge in [-0.3, -0.25) is 9.36 Å². The summed E-state index contributed by atoms with van der Waals surface area (Å²) in [5.74, 6) is -1.37. The van der Waals surface area contributed by atoms with Gasteiger partial charge in [-0.1, -0.05) is 11.6 Å². The van der Waals surface area contributed by atoms with Crippen LogP contribution in [0.5, 0.6) is 0 Å². The number of hydrogen-bond acceptors (Lipinski definition) is 3. The Morgan fingerprint density at radius 3 is 2.39 bits per heavy atom. The van der Waals surface area contributed by atoms with Gasteiger partial charge in [0.1, 0.15) is 6.54 Å². The summed E-state index contributed by atoms with van der Waals surface area (Å²) in [6.45, 7) is -1.39. The van der Waals surface area contributed by atoms with Gasteiger partial charge < -0.3 is 5.11 Å². The summed E-state index contributed by atoms with van der Waals surface area (Å²) in [6.07, 6.45) is -5.68. The summed E-state index contributed by atoms with van der Waals surface area (Å²) >= 11 is 5.74. The van der Waals surface area contributed by atoms with Crippen LogP contribution in [0.15, 0.2) is 29.1 Å². The molecule has 0 unspecified atom stereocenters. The van der Waals surface area contributed by atoms with Crippen LogP contribution in [0.1, 0.15) is 6.42 Å². The molecule has 0 amide bonds. The van der Waals surface area contributed by atoms with Gasteiger partial charge >= 0.3 is 17.8 Å². The fourth-order valence-corrected chi connectivity index (χ4v) is 2.05. The third-order valence-electron chi connectivity index (χ3n) is 2.93. The quantitative estimate of drug-likeness (QED) is 0.899. The predicted molar refractivity (Wildman–Crippen MR) is 75.2 cm³/mol. The largest absolute Gasteiger partial charge is 0.480 e. The van der Waals surface area contributed by atoms with Crippen molar-refractivity contribution in [3.8, 4) is 11.4 Å². The molecule has 0 fully saturated rings. The van der Waals surface area contributed by atoms with E-state index in [-0.39, 0.29) is 5.82 Å². The zero-order valence-corrected chi connectivity index (χ0v) is 12.3. The zero-order chi connectivity index (χ0) is 17.2. The van der Waals surface area contributed by atoms with E-state index in [4.69, 9.17) is 16.7 Å². The molecule has 23 heavy (non-hydrogen) atoms. The average Bonchev–Trinajstić information content (AvgIpc) is 2.73. The first-order valence-electron chi connectivity index (χ1n) is 6.39. The number of rotatable bonds is 5. The molecule has 0 saturated heterocycles. The molecule has 10 heteroatoms. The number of aromatic nitrogens is 3. The maximum Gasteiger partial charge on any atom is 0.390 e. The highest BCUT2D eigenvalue weighted by Crippen LogP contribution is 2.23. The molecule has 0 radical (unpaired) electrons. The minimum absolute atomic E-state index is 0.0443. The number of nitrogens with zero attached hydrogens (tertiary/aromatic N) is 3. The number of carboxylic acids is 1. The number of carbonyl (C=O) groups is 1. The summed E-state index contributed by atoms with van der Waals surface area (Å²) in [5, 5.41) is 13.0. The number of carboxylic acid groups (broad SMARTS) is 1. The van der Waals surface area contributed by atoms with E-state index >= 15 is 0 Å². The van der Waals surface area contributed by atoms with Crippen molar-refractivity contribution in [3.63, 3.8) is 0 Å². The Balaban J connectivity index is 2.47. The highest BCUT2D eigenvalue weighted by Gasteiger charge is 2.28. The van der Waals surface area contributed by atoms with Gasteiger partial charge in [0.05, 0.1) is 6.42 Å². The van der Waals surface area contributed by atoms with Crippen molar-refractivity contribution in [1.82, 2.24) is 14.3 Å². The molecule has 2 aromatic rings. The minimum Gasteiger partial charge on any atom is -0.480 e. The Labute approximate surface area is 132 Å². The Morgan fingerprint density at radius 1 is 1.26 bits per heavy atom. The molecule has 0 aliphatic rings.